The molecule has 0 saturated heterocycles. The number of carbonyl (C=O) groups is 2. The lowest BCUT2D eigenvalue weighted by molar-refractivity contribution is -0.144. The van der Waals surface area contributed by atoms with Crippen LogP contribution in [0.4, 0.5) is 0 Å². The fourth-order valence-corrected chi connectivity index (χ4v) is 11.2. The topological polar surface area (TPSA) is 72.8 Å². The Hall–Kier alpha value is -1.62. The molecule has 4 aliphatic rings. The molecule has 5 heteroatoms. The Morgan fingerprint density at radius 1 is 0.889 bits per heavy atom. The van der Waals surface area contributed by atoms with Crippen LogP contribution in [0.5, 0.6) is 0 Å². The molecule has 5 unspecified atom stereocenters. The van der Waals surface area contributed by atoms with E-state index in [4.69, 9.17) is 14.6 Å². The minimum atomic E-state index is -0.591. The second-order valence-electron chi connectivity index (χ2n) is 16.8. The fraction of sp³-hybridized carbons (Fsp3) is 0.850. The molecule has 0 aromatic heterocycles. The van der Waals surface area contributed by atoms with Gasteiger partial charge in [-0.05, 0) is 122 Å². The number of carbonyl (C=O) groups excluding carboxylic acids is 2. The summed E-state index contributed by atoms with van der Waals surface area (Å²) in [7, 11) is 0. The minimum Gasteiger partial charge on any atom is -0.462 e. The summed E-state index contributed by atoms with van der Waals surface area (Å²) in [5.74, 6) is 5.91. The van der Waals surface area contributed by atoms with Crippen molar-refractivity contribution in [2.75, 3.05) is 19.8 Å². The molecule has 4 rings (SSSR count). The van der Waals surface area contributed by atoms with E-state index in [-0.39, 0.29) is 24.7 Å². The maximum Gasteiger partial charge on any atom is 0.335 e. The van der Waals surface area contributed by atoms with Crippen LogP contribution in [-0.2, 0) is 19.1 Å². The lowest BCUT2D eigenvalue weighted by Crippen LogP contribution is -2.53. The molecule has 4 fully saturated rings. The Bertz CT molecular complexity index is 1020. The largest absolute Gasteiger partial charge is 0.462 e. The van der Waals surface area contributed by atoms with E-state index in [0.29, 0.717) is 10.8 Å². The Morgan fingerprint density at radius 2 is 1.60 bits per heavy atom. The Kier molecular flexibility index (Phi) is 12.9. The third-order valence-corrected chi connectivity index (χ3v) is 13.8. The van der Waals surface area contributed by atoms with E-state index in [2.05, 4.69) is 47.8 Å². The molecule has 0 radical (unpaired) electrons. The van der Waals surface area contributed by atoms with E-state index in [9.17, 15) is 9.59 Å². The van der Waals surface area contributed by atoms with Crippen LogP contribution in [0.3, 0.4) is 0 Å². The van der Waals surface area contributed by atoms with E-state index in [1.54, 1.807) is 0 Å². The van der Waals surface area contributed by atoms with Gasteiger partial charge in [-0.3, -0.25) is 0 Å². The molecule has 4 saturated carbocycles. The van der Waals surface area contributed by atoms with Crippen LogP contribution in [0.15, 0.2) is 24.8 Å². The minimum absolute atomic E-state index is 0.0406. The van der Waals surface area contributed by atoms with Gasteiger partial charge in [0.15, 0.2) is 0 Å². The van der Waals surface area contributed by atoms with E-state index in [1.165, 1.54) is 83.5 Å². The van der Waals surface area contributed by atoms with Gasteiger partial charge in [0.1, 0.15) is 0 Å². The van der Waals surface area contributed by atoms with Crippen LogP contribution in [0.25, 0.3) is 0 Å². The maximum atomic E-state index is 12.0. The molecule has 0 bridgehead atoms. The number of esters is 2. The van der Waals surface area contributed by atoms with Gasteiger partial charge in [-0.25, -0.2) is 9.59 Å². The summed E-state index contributed by atoms with van der Waals surface area (Å²) in [6.45, 7) is 19.7. The first-order valence-electron chi connectivity index (χ1n) is 18.7. The number of fused-ring (bicyclic) bond motifs is 5. The fourth-order valence-electron chi connectivity index (χ4n) is 11.2. The zero-order valence-electron chi connectivity index (χ0n) is 29.5. The number of aliphatic hydroxyl groups is 1. The summed E-state index contributed by atoms with van der Waals surface area (Å²) < 4.78 is 10.7. The molecule has 0 heterocycles. The normalized spacial score (nSPS) is 35.4. The van der Waals surface area contributed by atoms with Gasteiger partial charge in [0.2, 0.25) is 0 Å². The maximum absolute atomic E-state index is 12.0. The molecular weight excluding hydrogens is 560 g/mol. The summed E-state index contributed by atoms with van der Waals surface area (Å²) in [4.78, 5) is 23.7. The van der Waals surface area contributed by atoms with Crippen LogP contribution in [0, 0.1) is 64.1 Å². The van der Waals surface area contributed by atoms with E-state index >= 15 is 0 Å². The smallest absolute Gasteiger partial charge is 0.335 e. The van der Waals surface area contributed by atoms with E-state index in [0.717, 1.165) is 66.3 Å². The molecule has 1 N–H and O–H groups in total. The Morgan fingerprint density at radius 3 is 2.31 bits per heavy atom. The molecule has 5 nitrogen and oxygen atoms in total. The zero-order valence-corrected chi connectivity index (χ0v) is 29.5. The highest BCUT2D eigenvalue weighted by molar-refractivity contribution is 5.87. The first kappa shape index (κ1) is 36.2. The SMILES string of the molecule is C=CC(=O)OCC(CCC[C@H]1CC[C@@]2(C)C(CCC3C2CC[C@@]2(C)C3CC[C@@H]2[C@H](C)CCCC(C)C)C1)COC(=O)C(=C)CO. The molecular formula is C40H66O5. The van der Waals surface area contributed by atoms with Gasteiger partial charge in [0.05, 0.1) is 25.4 Å². The van der Waals surface area contributed by atoms with Crippen molar-refractivity contribution in [2.24, 2.45) is 64.1 Å². The van der Waals surface area contributed by atoms with Gasteiger partial charge < -0.3 is 14.6 Å². The van der Waals surface area contributed by atoms with E-state index in [1.807, 2.05) is 0 Å². The number of ether oxygens (including phenoxy) is 2. The van der Waals surface area contributed by atoms with Crippen molar-refractivity contribution in [1.82, 2.24) is 0 Å². The summed E-state index contributed by atoms with van der Waals surface area (Å²) in [6, 6.07) is 0. The summed E-state index contributed by atoms with van der Waals surface area (Å²) in [6.07, 6.45) is 21.2. The second-order valence-corrected chi connectivity index (χ2v) is 16.8. The Labute approximate surface area is 275 Å². The van der Waals surface area contributed by atoms with E-state index < -0.39 is 18.5 Å². The van der Waals surface area contributed by atoms with Crippen molar-refractivity contribution >= 4 is 11.9 Å². The number of hydrogen-bond acceptors (Lipinski definition) is 5. The monoisotopic (exact) mass is 626 g/mol. The van der Waals surface area contributed by atoms with Gasteiger partial charge >= 0.3 is 11.9 Å². The van der Waals surface area contributed by atoms with Gasteiger partial charge in [-0.2, -0.15) is 0 Å². The predicted octanol–water partition coefficient (Wildman–Crippen LogP) is 9.33. The highest BCUT2D eigenvalue weighted by Crippen LogP contribution is 2.68. The average Bonchev–Trinajstić information content (AvgIpc) is 3.38. The molecule has 256 valence electrons. The van der Waals surface area contributed by atoms with Crippen molar-refractivity contribution in [3.05, 3.63) is 24.8 Å². The highest BCUT2D eigenvalue weighted by atomic mass is 16.5. The molecule has 0 aliphatic heterocycles. The van der Waals surface area contributed by atoms with Gasteiger partial charge in [0.25, 0.3) is 0 Å². The standard InChI is InChI=1S/C40H66O5/c1-8-37(42)44-25-31(26-45-38(43)29(5)24-41)14-10-13-30-19-21-39(6)32(23-30)15-16-33-35-18-17-34(28(4)12-9-11-27(2)3)40(35,7)22-20-36(33)39/h8,27-28,30-36,41H,1,5,9-26H2,2-4,6-7H3/t28-,30+,31?,32?,33?,34-,35?,36?,39+,40-/m1/s1. The third kappa shape index (κ3) is 8.46. The lowest BCUT2D eigenvalue weighted by atomic mass is 9.44. The van der Waals surface area contributed by atoms with Crippen LogP contribution in [0.2, 0.25) is 0 Å². The summed E-state index contributed by atoms with van der Waals surface area (Å²) in [5.41, 5.74) is 1.11. The van der Waals surface area contributed by atoms with Gasteiger partial charge in [-0.15, -0.1) is 0 Å². The highest BCUT2D eigenvalue weighted by Gasteiger charge is 2.60. The predicted molar refractivity (Wildman–Crippen MR) is 182 cm³/mol. The molecule has 0 spiro atoms. The number of hydrogen-bond donors (Lipinski definition) is 1. The van der Waals surface area contributed by atoms with Crippen LogP contribution in [-0.4, -0.2) is 36.9 Å². The number of rotatable bonds is 16. The average molecular weight is 627 g/mol. The molecule has 4 aliphatic carbocycles. The molecule has 0 amide bonds. The molecule has 0 aromatic carbocycles. The number of aliphatic hydroxyl groups excluding tert-OH is 1. The third-order valence-electron chi connectivity index (χ3n) is 13.8. The van der Waals surface area contributed by atoms with Gasteiger partial charge in [0, 0.05) is 12.0 Å². The zero-order chi connectivity index (χ0) is 32.8. The van der Waals surface area contributed by atoms with Gasteiger partial charge in [-0.1, -0.05) is 79.9 Å². The molecule has 10 atom stereocenters. The van der Waals surface area contributed by atoms with Crippen LogP contribution >= 0.6 is 0 Å². The molecule has 0 aromatic rings. The van der Waals surface area contributed by atoms with Crippen molar-refractivity contribution < 1.29 is 24.2 Å². The second kappa shape index (κ2) is 16.0. The van der Waals surface area contributed by atoms with Crippen molar-refractivity contribution in [3.8, 4) is 0 Å². The van der Waals surface area contributed by atoms with Crippen LogP contribution in [0.1, 0.15) is 131 Å². The summed E-state index contributed by atoms with van der Waals surface area (Å²) in [5, 5.41) is 9.17. The first-order chi connectivity index (χ1) is 21.4. The van der Waals surface area contributed by atoms with Crippen molar-refractivity contribution in [1.29, 1.82) is 0 Å². The van der Waals surface area contributed by atoms with Crippen molar-refractivity contribution in [3.63, 3.8) is 0 Å². The van der Waals surface area contributed by atoms with Crippen LogP contribution < -0.4 is 0 Å². The quantitative estimate of drug-likeness (QED) is 0.137. The summed E-state index contributed by atoms with van der Waals surface area (Å²) >= 11 is 0. The lowest BCUT2D eigenvalue weighted by Gasteiger charge is -2.61. The first-order valence-corrected chi connectivity index (χ1v) is 18.7. The molecule has 45 heavy (non-hydrogen) atoms. The Balaban J connectivity index is 1.29. The van der Waals surface area contributed by atoms with Crippen molar-refractivity contribution in [2.45, 2.75) is 131 Å².